The molecule has 0 bridgehead atoms. The van der Waals surface area contributed by atoms with Gasteiger partial charge in [0.05, 0.1) is 23.7 Å². The lowest BCUT2D eigenvalue weighted by Crippen LogP contribution is -2.33. The highest BCUT2D eigenvalue weighted by Gasteiger charge is 2.56. The second kappa shape index (κ2) is 10.9. The number of amides is 3. The highest BCUT2D eigenvalue weighted by atomic mass is 79.9. The van der Waals surface area contributed by atoms with E-state index in [9.17, 15) is 23.6 Å². The summed E-state index contributed by atoms with van der Waals surface area (Å²) in [6, 6.07) is 19.4. The number of ether oxygens (including phenoxy) is 1. The van der Waals surface area contributed by atoms with Crippen molar-refractivity contribution in [2.45, 2.75) is 22.7 Å². The van der Waals surface area contributed by atoms with Gasteiger partial charge in [0.25, 0.3) is 0 Å². The van der Waals surface area contributed by atoms with Crippen LogP contribution in [0.2, 0.25) is 0 Å². The van der Waals surface area contributed by atoms with Crippen LogP contribution >= 0.6 is 39.0 Å². The smallest absolute Gasteiger partial charge is 0.308 e. The lowest BCUT2D eigenvalue weighted by Gasteiger charge is -2.30. The number of halogens is 2. The van der Waals surface area contributed by atoms with Gasteiger partial charge >= 0.3 is 4.87 Å². The van der Waals surface area contributed by atoms with Crippen molar-refractivity contribution in [2.75, 3.05) is 17.3 Å². The number of fused-ring (bicyclic) bond motifs is 2. The number of thioether (sulfide) groups is 1. The summed E-state index contributed by atoms with van der Waals surface area (Å²) in [5.74, 6) is -2.35. The number of thiazole rings is 1. The molecule has 3 amide bonds. The number of hydrogen-bond donors (Lipinski definition) is 1. The van der Waals surface area contributed by atoms with Crippen LogP contribution in [0.15, 0.2) is 87.1 Å². The molecule has 0 saturated carbocycles. The molecule has 0 radical (unpaired) electrons. The average Bonchev–Trinajstić information content (AvgIpc) is 3.41. The third kappa shape index (κ3) is 5.00. The Hall–Kier alpha value is -3.74. The van der Waals surface area contributed by atoms with Crippen molar-refractivity contribution < 1.29 is 23.5 Å². The Kier molecular flexibility index (Phi) is 7.30. The fraction of sp³-hybridized carbons (Fsp3) is 0.172. The summed E-state index contributed by atoms with van der Waals surface area (Å²) < 4.78 is 20.7. The quantitative estimate of drug-likeness (QED) is 0.285. The van der Waals surface area contributed by atoms with Crippen LogP contribution in [0.1, 0.15) is 16.4 Å². The normalized spacial score (nSPS) is 19.6. The molecule has 3 heterocycles. The standard InChI is InChI=1S/C29H21BrFN3O5S2/c1-39-20-12-2-15(3-13-20)22-23-24(27(37)34(26(23)36)19-10-4-16(30)5-11-19)40-28-25(22)41-29(38)33(28)14-21(35)32-18-8-6-17(31)7-9-18/h2-13,22-24H,14H2,1H3,(H,32,35). The molecular weight excluding hydrogens is 633 g/mol. The number of nitrogens with zero attached hydrogens (tertiary/aromatic N) is 2. The fourth-order valence-electron chi connectivity index (χ4n) is 5.15. The van der Waals surface area contributed by atoms with Gasteiger partial charge in [-0.2, -0.15) is 0 Å². The maximum atomic E-state index is 13.9. The molecule has 8 nitrogen and oxygen atoms in total. The highest BCUT2D eigenvalue weighted by molar-refractivity contribution is 9.10. The molecule has 208 valence electrons. The van der Waals surface area contributed by atoms with Crippen molar-refractivity contribution in [3.63, 3.8) is 0 Å². The maximum Gasteiger partial charge on any atom is 0.308 e. The second-order valence-corrected chi connectivity index (χ2v) is 12.5. The number of benzene rings is 3. The number of hydrogen-bond acceptors (Lipinski definition) is 7. The number of methoxy groups -OCH3 is 1. The molecule has 2 aliphatic rings. The van der Waals surface area contributed by atoms with E-state index < -0.39 is 28.8 Å². The second-order valence-electron chi connectivity index (χ2n) is 9.48. The molecule has 4 aromatic rings. The Morgan fingerprint density at radius 1 is 0.976 bits per heavy atom. The summed E-state index contributed by atoms with van der Waals surface area (Å²) in [4.78, 5) is 55.4. The van der Waals surface area contributed by atoms with E-state index in [1.54, 1.807) is 43.5 Å². The summed E-state index contributed by atoms with van der Waals surface area (Å²) in [5, 5.41) is 2.36. The van der Waals surface area contributed by atoms with Crippen molar-refractivity contribution >= 4 is 68.1 Å². The van der Waals surface area contributed by atoms with Crippen molar-refractivity contribution in [1.82, 2.24) is 4.57 Å². The minimum Gasteiger partial charge on any atom is -0.497 e. The zero-order valence-corrected chi connectivity index (χ0v) is 24.6. The lowest BCUT2D eigenvalue weighted by molar-refractivity contribution is -0.122. The minimum atomic E-state index is -0.800. The SMILES string of the molecule is COc1ccc(C2c3sc(=O)n(CC(=O)Nc4ccc(F)cc4)c3SC3C(=O)N(c4ccc(Br)cc4)C(=O)C32)cc1. The summed E-state index contributed by atoms with van der Waals surface area (Å²) in [6.45, 7) is -0.305. The van der Waals surface area contributed by atoms with E-state index in [0.29, 0.717) is 27.0 Å². The van der Waals surface area contributed by atoms with E-state index in [-0.39, 0.29) is 23.2 Å². The average molecular weight is 655 g/mol. The maximum absolute atomic E-state index is 13.9. The highest BCUT2D eigenvalue weighted by Crippen LogP contribution is 2.54. The zero-order valence-electron chi connectivity index (χ0n) is 21.4. The van der Waals surface area contributed by atoms with Crippen molar-refractivity contribution in [2.24, 2.45) is 5.92 Å². The van der Waals surface area contributed by atoms with Crippen LogP contribution in [0.3, 0.4) is 0 Å². The van der Waals surface area contributed by atoms with Gasteiger partial charge in [-0.1, -0.05) is 51.2 Å². The van der Waals surface area contributed by atoms with E-state index in [2.05, 4.69) is 21.2 Å². The molecule has 6 rings (SSSR count). The largest absolute Gasteiger partial charge is 0.497 e. The van der Waals surface area contributed by atoms with Crippen LogP contribution in [0.25, 0.3) is 0 Å². The minimum absolute atomic E-state index is 0.305. The first-order valence-corrected chi connectivity index (χ1v) is 15.0. The number of carbonyl (C=O) groups excluding carboxylic acids is 3. The molecule has 0 spiro atoms. The summed E-state index contributed by atoms with van der Waals surface area (Å²) in [5.41, 5.74) is 1.61. The van der Waals surface area contributed by atoms with Gasteiger partial charge in [0.1, 0.15) is 23.4 Å². The van der Waals surface area contributed by atoms with Gasteiger partial charge < -0.3 is 10.1 Å². The summed E-state index contributed by atoms with van der Waals surface area (Å²) >= 11 is 5.50. The Morgan fingerprint density at radius 3 is 2.32 bits per heavy atom. The van der Waals surface area contributed by atoms with Gasteiger partial charge in [-0.05, 0) is 66.2 Å². The monoisotopic (exact) mass is 653 g/mol. The van der Waals surface area contributed by atoms with Gasteiger partial charge in [0.2, 0.25) is 17.7 Å². The molecule has 1 saturated heterocycles. The molecule has 41 heavy (non-hydrogen) atoms. The van der Waals surface area contributed by atoms with Crippen LogP contribution in [0.4, 0.5) is 15.8 Å². The molecule has 3 atom stereocenters. The summed E-state index contributed by atoms with van der Waals surface area (Å²) in [7, 11) is 1.55. The van der Waals surface area contributed by atoms with Crippen LogP contribution in [0.5, 0.6) is 5.75 Å². The number of carbonyl (C=O) groups is 3. The van der Waals surface area contributed by atoms with E-state index in [4.69, 9.17) is 4.74 Å². The molecule has 3 unspecified atom stereocenters. The predicted molar refractivity (Wildman–Crippen MR) is 158 cm³/mol. The Morgan fingerprint density at radius 2 is 1.66 bits per heavy atom. The molecule has 1 fully saturated rings. The van der Waals surface area contributed by atoms with Crippen LogP contribution in [-0.4, -0.2) is 34.6 Å². The van der Waals surface area contributed by atoms with Crippen LogP contribution in [0, 0.1) is 11.7 Å². The van der Waals surface area contributed by atoms with Crippen LogP contribution in [-0.2, 0) is 20.9 Å². The number of anilines is 2. The van der Waals surface area contributed by atoms with E-state index in [1.165, 1.54) is 33.7 Å². The molecule has 3 aromatic carbocycles. The topological polar surface area (TPSA) is 97.7 Å². The third-order valence-corrected chi connectivity index (χ3v) is 10.2. The fourth-order valence-corrected chi connectivity index (χ4v) is 8.19. The van der Waals surface area contributed by atoms with E-state index >= 15 is 0 Å². The van der Waals surface area contributed by atoms with Crippen molar-refractivity contribution in [1.29, 1.82) is 0 Å². The van der Waals surface area contributed by atoms with E-state index in [1.807, 2.05) is 12.1 Å². The Labute approximate surface area is 250 Å². The van der Waals surface area contributed by atoms with Crippen LogP contribution < -0.4 is 19.8 Å². The Balaban J connectivity index is 1.40. The molecule has 1 aromatic heterocycles. The van der Waals surface area contributed by atoms with Gasteiger partial charge in [0.15, 0.2) is 0 Å². The molecule has 0 aliphatic carbocycles. The lowest BCUT2D eigenvalue weighted by atomic mass is 9.83. The first-order chi connectivity index (χ1) is 19.7. The van der Waals surface area contributed by atoms with Gasteiger partial charge in [-0.15, -0.1) is 0 Å². The summed E-state index contributed by atoms with van der Waals surface area (Å²) in [6.07, 6.45) is 0. The molecule has 1 N–H and O–H groups in total. The van der Waals surface area contributed by atoms with Crippen molar-refractivity contribution in [3.8, 4) is 5.75 Å². The number of imide groups is 1. The molecule has 12 heteroatoms. The Bertz CT molecular complexity index is 1720. The van der Waals surface area contributed by atoms with Gasteiger partial charge in [0, 0.05) is 21.0 Å². The van der Waals surface area contributed by atoms with E-state index in [0.717, 1.165) is 33.1 Å². The number of aromatic nitrogens is 1. The first-order valence-electron chi connectivity index (χ1n) is 12.5. The van der Waals surface area contributed by atoms with Crippen molar-refractivity contribution in [3.05, 3.63) is 103 Å². The molecular formula is C29H21BrFN3O5S2. The zero-order chi connectivity index (χ0) is 28.8. The first kappa shape index (κ1) is 27.4. The number of rotatable bonds is 6. The predicted octanol–water partition coefficient (Wildman–Crippen LogP) is 5.25. The molecule has 2 aliphatic heterocycles. The third-order valence-electron chi connectivity index (χ3n) is 7.04. The number of nitrogens with one attached hydrogen (secondary N) is 1. The van der Waals surface area contributed by atoms with Gasteiger partial charge in [-0.3, -0.25) is 23.7 Å². The van der Waals surface area contributed by atoms with Gasteiger partial charge in [-0.25, -0.2) is 9.29 Å².